The Hall–Kier alpha value is -2.15. The number of carbonyl (C=O) groups excluding carboxylic acids is 1. The van der Waals surface area contributed by atoms with Gasteiger partial charge in [-0.1, -0.05) is 0 Å². The summed E-state index contributed by atoms with van der Waals surface area (Å²) in [6.45, 7) is 4.33. The van der Waals surface area contributed by atoms with Crippen LogP contribution in [0.4, 0.5) is 11.6 Å². The third-order valence-corrected chi connectivity index (χ3v) is 5.66. The van der Waals surface area contributed by atoms with Gasteiger partial charge in [-0.05, 0) is 53.0 Å². The summed E-state index contributed by atoms with van der Waals surface area (Å²) in [7, 11) is 3.60. The Kier molecular flexibility index (Phi) is 11.1. The predicted molar refractivity (Wildman–Crippen MR) is 130 cm³/mol. The molecule has 11 heteroatoms. The largest absolute Gasteiger partial charge is 0.381 e. The molecule has 0 aliphatic carbocycles. The van der Waals surface area contributed by atoms with Crippen molar-refractivity contribution in [1.29, 1.82) is 0 Å². The number of ether oxygens (including phenoxy) is 5. The molecule has 0 saturated carbocycles. The average molecular weight is 539 g/mol. The van der Waals surface area contributed by atoms with Gasteiger partial charge < -0.3 is 34.3 Å². The van der Waals surface area contributed by atoms with E-state index in [1.165, 1.54) is 12.8 Å². The van der Waals surface area contributed by atoms with Crippen LogP contribution in [0, 0.1) is 0 Å². The summed E-state index contributed by atoms with van der Waals surface area (Å²) < 4.78 is 27.2. The SMILES string of the molecule is C1CCOC1.CNc1ccc(Br)c(C2OCCO2)n1.CNc1ccc(C=O)c(C2OCCO2)n1. The zero-order chi connectivity index (χ0) is 24.2. The van der Waals surface area contributed by atoms with Crippen LogP contribution in [0.2, 0.25) is 0 Å². The molecular formula is C23H31BrN4O6. The molecule has 3 saturated heterocycles. The lowest BCUT2D eigenvalue weighted by Crippen LogP contribution is -2.07. The van der Waals surface area contributed by atoms with Crippen LogP contribution in [0.15, 0.2) is 28.7 Å². The quantitative estimate of drug-likeness (QED) is 0.546. The van der Waals surface area contributed by atoms with Crippen molar-refractivity contribution in [2.24, 2.45) is 0 Å². The van der Waals surface area contributed by atoms with Gasteiger partial charge in [0, 0.05) is 37.3 Å². The predicted octanol–water partition coefficient (Wildman–Crippen LogP) is 3.71. The van der Waals surface area contributed by atoms with E-state index in [2.05, 4.69) is 36.5 Å². The summed E-state index contributed by atoms with van der Waals surface area (Å²) in [5.74, 6) is 1.50. The molecule has 0 aromatic carbocycles. The molecular weight excluding hydrogens is 508 g/mol. The summed E-state index contributed by atoms with van der Waals surface area (Å²) in [5.41, 5.74) is 1.82. The van der Waals surface area contributed by atoms with E-state index in [1.807, 2.05) is 19.2 Å². The van der Waals surface area contributed by atoms with E-state index >= 15 is 0 Å². The Morgan fingerprint density at radius 3 is 1.76 bits per heavy atom. The van der Waals surface area contributed by atoms with Gasteiger partial charge in [0.2, 0.25) is 12.6 Å². The first-order chi connectivity index (χ1) is 16.7. The van der Waals surface area contributed by atoms with Crippen molar-refractivity contribution in [3.05, 3.63) is 45.7 Å². The van der Waals surface area contributed by atoms with E-state index in [1.54, 1.807) is 19.2 Å². The normalized spacial score (nSPS) is 18.0. The second-order valence-corrected chi connectivity index (χ2v) is 8.17. The molecule has 0 bridgehead atoms. The zero-order valence-electron chi connectivity index (χ0n) is 19.4. The van der Waals surface area contributed by atoms with Crippen LogP contribution in [0.1, 0.15) is 47.2 Å². The molecule has 0 spiro atoms. The average Bonchev–Trinajstić information content (AvgIpc) is 3.69. The molecule has 2 N–H and O–H groups in total. The van der Waals surface area contributed by atoms with Gasteiger partial charge in [0.05, 0.1) is 26.4 Å². The van der Waals surface area contributed by atoms with Gasteiger partial charge in [-0.15, -0.1) is 0 Å². The number of rotatable bonds is 5. The molecule has 10 nitrogen and oxygen atoms in total. The highest BCUT2D eigenvalue weighted by atomic mass is 79.9. The van der Waals surface area contributed by atoms with E-state index < -0.39 is 6.29 Å². The fourth-order valence-electron chi connectivity index (χ4n) is 3.22. The smallest absolute Gasteiger partial charge is 0.202 e. The second kappa shape index (κ2) is 14.3. The lowest BCUT2D eigenvalue weighted by atomic mass is 10.2. The number of carbonyl (C=O) groups is 1. The molecule has 186 valence electrons. The molecule has 2 aromatic rings. The van der Waals surface area contributed by atoms with Crippen LogP contribution in [0.5, 0.6) is 0 Å². The number of nitrogens with one attached hydrogen (secondary N) is 2. The Morgan fingerprint density at radius 2 is 1.29 bits per heavy atom. The molecule has 2 aromatic heterocycles. The van der Waals surface area contributed by atoms with Gasteiger partial charge in [-0.3, -0.25) is 4.79 Å². The molecule has 0 unspecified atom stereocenters. The number of nitrogens with zero attached hydrogens (tertiary/aromatic N) is 2. The van der Waals surface area contributed by atoms with Crippen molar-refractivity contribution in [2.45, 2.75) is 25.4 Å². The number of anilines is 2. The van der Waals surface area contributed by atoms with Crippen molar-refractivity contribution in [3.8, 4) is 0 Å². The molecule has 3 fully saturated rings. The van der Waals surface area contributed by atoms with Crippen molar-refractivity contribution in [3.63, 3.8) is 0 Å². The molecule has 5 heterocycles. The van der Waals surface area contributed by atoms with Crippen molar-refractivity contribution >= 4 is 33.9 Å². The maximum absolute atomic E-state index is 10.8. The number of halogens is 1. The van der Waals surface area contributed by atoms with Crippen LogP contribution in [-0.2, 0) is 23.7 Å². The fourth-order valence-corrected chi connectivity index (χ4v) is 3.63. The maximum Gasteiger partial charge on any atom is 0.202 e. The fraction of sp³-hybridized carbons (Fsp3) is 0.522. The summed E-state index contributed by atoms with van der Waals surface area (Å²) in [4.78, 5) is 19.4. The topological polar surface area (TPSA) is 113 Å². The van der Waals surface area contributed by atoms with Gasteiger partial charge in [-0.25, -0.2) is 9.97 Å². The highest BCUT2D eigenvalue weighted by molar-refractivity contribution is 9.10. The van der Waals surface area contributed by atoms with Gasteiger partial charge >= 0.3 is 0 Å². The van der Waals surface area contributed by atoms with Gasteiger partial charge in [0.1, 0.15) is 23.0 Å². The third-order valence-electron chi connectivity index (χ3n) is 4.99. The molecule has 0 atom stereocenters. The first-order valence-electron chi connectivity index (χ1n) is 11.2. The van der Waals surface area contributed by atoms with Gasteiger partial charge in [0.25, 0.3) is 0 Å². The van der Waals surface area contributed by atoms with Crippen molar-refractivity contribution < 1.29 is 28.5 Å². The number of pyridine rings is 2. The van der Waals surface area contributed by atoms with Crippen LogP contribution < -0.4 is 10.6 Å². The van der Waals surface area contributed by atoms with E-state index in [9.17, 15) is 4.79 Å². The number of aromatic nitrogens is 2. The third kappa shape index (κ3) is 7.69. The molecule has 3 aliphatic rings. The molecule has 3 aliphatic heterocycles. The second-order valence-electron chi connectivity index (χ2n) is 7.32. The van der Waals surface area contributed by atoms with Gasteiger partial charge in [-0.2, -0.15) is 0 Å². The summed E-state index contributed by atoms with van der Waals surface area (Å²) in [6.07, 6.45) is 2.46. The first kappa shape index (κ1) is 26.5. The number of hydrogen-bond acceptors (Lipinski definition) is 10. The van der Waals surface area contributed by atoms with E-state index in [-0.39, 0.29) is 6.29 Å². The lowest BCUT2D eigenvalue weighted by molar-refractivity contribution is -0.0478. The van der Waals surface area contributed by atoms with Crippen LogP contribution in [0.25, 0.3) is 0 Å². The Labute approximate surface area is 207 Å². The lowest BCUT2D eigenvalue weighted by Gasteiger charge is -2.11. The number of aldehydes is 1. The maximum atomic E-state index is 10.8. The van der Waals surface area contributed by atoms with E-state index in [4.69, 9.17) is 23.7 Å². The Morgan fingerprint density at radius 1 is 0.794 bits per heavy atom. The summed E-state index contributed by atoms with van der Waals surface area (Å²) in [5, 5.41) is 5.88. The molecule has 0 radical (unpaired) electrons. The van der Waals surface area contributed by atoms with Crippen molar-refractivity contribution in [1.82, 2.24) is 9.97 Å². The highest BCUT2D eigenvalue weighted by Crippen LogP contribution is 2.29. The number of hydrogen-bond donors (Lipinski definition) is 2. The monoisotopic (exact) mass is 538 g/mol. The minimum Gasteiger partial charge on any atom is -0.381 e. The van der Waals surface area contributed by atoms with Crippen LogP contribution in [-0.4, -0.2) is 70.0 Å². The Balaban J connectivity index is 0.000000159. The van der Waals surface area contributed by atoms with Crippen LogP contribution in [0.3, 0.4) is 0 Å². The standard InChI is InChI=1S/C10H12N2O3.C9H11BrN2O2.C4H8O/c1-11-8-3-2-7(6-13)9(12-8)10-14-4-5-15-10;1-11-7-3-2-6(10)8(12-7)9-13-4-5-14-9;1-2-4-5-3-1/h2-3,6,10H,4-5H2,1H3,(H,11,12);2-3,9H,4-5H2,1H3,(H,11,12);1-4H2. The van der Waals surface area contributed by atoms with Crippen molar-refractivity contribution in [2.75, 3.05) is 64.4 Å². The first-order valence-corrected chi connectivity index (χ1v) is 12.0. The van der Waals surface area contributed by atoms with E-state index in [0.29, 0.717) is 43.5 Å². The van der Waals surface area contributed by atoms with Gasteiger partial charge in [0.15, 0.2) is 6.29 Å². The zero-order valence-corrected chi connectivity index (χ0v) is 21.0. The van der Waals surface area contributed by atoms with E-state index in [0.717, 1.165) is 35.5 Å². The summed E-state index contributed by atoms with van der Waals surface area (Å²) >= 11 is 3.42. The molecule has 5 rings (SSSR count). The summed E-state index contributed by atoms with van der Waals surface area (Å²) in [6, 6.07) is 7.26. The highest BCUT2D eigenvalue weighted by Gasteiger charge is 2.23. The minimum atomic E-state index is -0.515. The molecule has 0 amide bonds. The van der Waals surface area contributed by atoms with Crippen LogP contribution >= 0.6 is 15.9 Å². The minimum absolute atomic E-state index is 0.335. The Bertz CT molecular complexity index is 895. The molecule has 34 heavy (non-hydrogen) atoms.